The van der Waals surface area contributed by atoms with Gasteiger partial charge in [0.15, 0.2) is 6.29 Å². The predicted octanol–water partition coefficient (Wildman–Crippen LogP) is 4.73. The molecule has 0 radical (unpaired) electrons. The van der Waals surface area contributed by atoms with Gasteiger partial charge < -0.3 is 9.47 Å². The topological polar surface area (TPSA) is 18.5 Å². The Hall–Kier alpha value is -1.64. The summed E-state index contributed by atoms with van der Waals surface area (Å²) in [4.78, 5) is 0. The zero-order valence-electron chi connectivity index (χ0n) is 12.4. The highest BCUT2D eigenvalue weighted by atomic mass is 16.7. The molecule has 20 heavy (non-hydrogen) atoms. The zero-order valence-corrected chi connectivity index (χ0v) is 12.4. The van der Waals surface area contributed by atoms with Gasteiger partial charge in [-0.15, -0.1) is 0 Å². The molecule has 106 valence electrons. The van der Waals surface area contributed by atoms with Crippen molar-refractivity contribution in [1.29, 1.82) is 0 Å². The van der Waals surface area contributed by atoms with Crippen LogP contribution in [-0.2, 0) is 9.47 Å². The lowest BCUT2D eigenvalue weighted by atomic mass is 9.98. The van der Waals surface area contributed by atoms with Crippen molar-refractivity contribution in [1.82, 2.24) is 0 Å². The first-order valence-electron chi connectivity index (χ1n) is 7.15. The highest BCUT2D eigenvalue weighted by molar-refractivity contribution is 5.67. The van der Waals surface area contributed by atoms with E-state index in [1.807, 2.05) is 26.0 Å². The molecule has 0 heterocycles. The fourth-order valence-corrected chi connectivity index (χ4v) is 2.23. The van der Waals surface area contributed by atoms with Crippen LogP contribution >= 0.6 is 0 Å². The van der Waals surface area contributed by atoms with Crippen molar-refractivity contribution < 1.29 is 9.47 Å². The van der Waals surface area contributed by atoms with Gasteiger partial charge in [0.2, 0.25) is 0 Å². The number of aryl methyl sites for hydroxylation is 1. The number of hydrogen-bond donors (Lipinski definition) is 0. The summed E-state index contributed by atoms with van der Waals surface area (Å²) in [5, 5.41) is 0. The van der Waals surface area contributed by atoms with Gasteiger partial charge in [0.05, 0.1) is 0 Å². The molecule has 0 atom stereocenters. The second-order valence-electron chi connectivity index (χ2n) is 4.70. The highest BCUT2D eigenvalue weighted by Crippen LogP contribution is 2.31. The Labute approximate surface area is 121 Å². The summed E-state index contributed by atoms with van der Waals surface area (Å²) in [6.07, 6.45) is -0.303. The smallest absolute Gasteiger partial charge is 0.184 e. The molecular formula is C18H22O2. The molecule has 0 aromatic heterocycles. The Bertz CT molecular complexity index is 525. The molecule has 2 heteroatoms. The summed E-state index contributed by atoms with van der Waals surface area (Å²) in [6.45, 7) is 7.33. The Morgan fingerprint density at radius 3 is 2.05 bits per heavy atom. The van der Waals surface area contributed by atoms with Crippen LogP contribution in [0.2, 0.25) is 0 Å². The lowest BCUT2D eigenvalue weighted by molar-refractivity contribution is -0.139. The zero-order chi connectivity index (χ0) is 14.4. The van der Waals surface area contributed by atoms with E-state index in [2.05, 4.69) is 43.3 Å². The summed E-state index contributed by atoms with van der Waals surface area (Å²) < 4.78 is 11.5. The van der Waals surface area contributed by atoms with Gasteiger partial charge in [-0.05, 0) is 31.9 Å². The summed E-state index contributed by atoms with van der Waals surface area (Å²) in [6, 6.07) is 16.8. The van der Waals surface area contributed by atoms with E-state index in [-0.39, 0.29) is 6.29 Å². The van der Waals surface area contributed by atoms with Crippen molar-refractivity contribution in [2.45, 2.75) is 27.1 Å². The molecule has 0 saturated carbocycles. The summed E-state index contributed by atoms with van der Waals surface area (Å²) in [7, 11) is 0. The first-order valence-corrected chi connectivity index (χ1v) is 7.15. The normalized spacial score (nSPS) is 11.0. The third kappa shape index (κ3) is 3.47. The van der Waals surface area contributed by atoms with Gasteiger partial charge in [0, 0.05) is 18.8 Å². The van der Waals surface area contributed by atoms with Crippen molar-refractivity contribution in [3.8, 4) is 11.1 Å². The van der Waals surface area contributed by atoms with Crippen molar-refractivity contribution in [2.75, 3.05) is 13.2 Å². The van der Waals surface area contributed by atoms with Crippen molar-refractivity contribution >= 4 is 0 Å². The maximum atomic E-state index is 5.73. The van der Waals surface area contributed by atoms with Crippen LogP contribution in [0.5, 0.6) is 0 Å². The average Bonchev–Trinajstić information content (AvgIpc) is 2.48. The highest BCUT2D eigenvalue weighted by Gasteiger charge is 2.16. The maximum absolute atomic E-state index is 5.73. The van der Waals surface area contributed by atoms with E-state index < -0.39 is 0 Å². The molecular weight excluding hydrogens is 248 g/mol. The van der Waals surface area contributed by atoms with Crippen LogP contribution in [0, 0.1) is 6.92 Å². The molecule has 2 rings (SSSR count). The molecule has 2 aromatic carbocycles. The Balaban J connectivity index is 2.40. The molecule has 0 fully saturated rings. The van der Waals surface area contributed by atoms with Gasteiger partial charge in [0.1, 0.15) is 0 Å². The molecule has 0 aliphatic heterocycles. The Morgan fingerprint density at radius 1 is 0.850 bits per heavy atom. The van der Waals surface area contributed by atoms with Crippen LogP contribution in [0.3, 0.4) is 0 Å². The molecule has 0 N–H and O–H groups in total. The van der Waals surface area contributed by atoms with E-state index in [1.54, 1.807) is 0 Å². The quantitative estimate of drug-likeness (QED) is 0.706. The average molecular weight is 270 g/mol. The second kappa shape index (κ2) is 7.22. The Morgan fingerprint density at radius 2 is 1.45 bits per heavy atom. The third-order valence-corrected chi connectivity index (χ3v) is 3.21. The maximum Gasteiger partial charge on any atom is 0.184 e. The fraction of sp³-hybridized carbons (Fsp3) is 0.333. The molecule has 0 aliphatic carbocycles. The van der Waals surface area contributed by atoms with E-state index in [0.717, 1.165) is 5.56 Å². The molecule has 0 spiro atoms. The first-order chi connectivity index (χ1) is 9.76. The second-order valence-corrected chi connectivity index (χ2v) is 4.70. The Kier molecular flexibility index (Phi) is 5.33. The number of hydrogen-bond acceptors (Lipinski definition) is 2. The standard InChI is InChI=1S/C18H22O2/c1-4-19-18(20-5-2)17-9-7-6-8-16(17)15-12-10-14(3)11-13-15/h6-13,18H,4-5H2,1-3H3. The van der Waals surface area contributed by atoms with E-state index in [1.165, 1.54) is 16.7 Å². The van der Waals surface area contributed by atoms with E-state index in [0.29, 0.717) is 13.2 Å². The van der Waals surface area contributed by atoms with E-state index >= 15 is 0 Å². The van der Waals surface area contributed by atoms with Crippen LogP contribution in [-0.4, -0.2) is 13.2 Å². The number of ether oxygens (including phenoxy) is 2. The molecule has 0 bridgehead atoms. The van der Waals surface area contributed by atoms with Gasteiger partial charge in [-0.3, -0.25) is 0 Å². The van der Waals surface area contributed by atoms with Gasteiger partial charge in [-0.2, -0.15) is 0 Å². The summed E-state index contributed by atoms with van der Waals surface area (Å²) >= 11 is 0. The predicted molar refractivity (Wildman–Crippen MR) is 82.6 cm³/mol. The minimum atomic E-state index is -0.303. The first kappa shape index (κ1) is 14.8. The van der Waals surface area contributed by atoms with E-state index in [9.17, 15) is 0 Å². The van der Waals surface area contributed by atoms with Crippen molar-refractivity contribution in [2.24, 2.45) is 0 Å². The SMILES string of the molecule is CCOC(OCC)c1ccccc1-c1ccc(C)cc1. The van der Waals surface area contributed by atoms with Gasteiger partial charge in [0.25, 0.3) is 0 Å². The van der Waals surface area contributed by atoms with Crippen LogP contribution in [0.25, 0.3) is 11.1 Å². The van der Waals surface area contributed by atoms with Gasteiger partial charge in [-0.1, -0.05) is 54.1 Å². The monoisotopic (exact) mass is 270 g/mol. The number of rotatable bonds is 6. The number of benzene rings is 2. The third-order valence-electron chi connectivity index (χ3n) is 3.21. The van der Waals surface area contributed by atoms with Crippen molar-refractivity contribution in [3.05, 3.63) is 59.7 Å². The van der Waals surface area contributed by atoms with E-state index in [4.69, 9.17) is 9.47 Å². The van der Waals surface area contributed by atoms with Gasteiger partial charge in [-0.25, -0.2) is 0 Å². The molecule has 0 saturated heterocycles. The summed E-state index contributed by atoms with van der Waals surface area (Å²) in [5.74, 6) is 0. The molecule has 0 amide bonds. The largest absolute Gasteiger partial charge is 0.349 e. The minimum Gasteiger partial charge on any atom is -0.349 e. The molecule has 0 unspecified atom stereocenters. The molecule has 2 nitrogen and oxygen atoms in total. The molecule has 2 aromatic rings. The van der Waals surface area contributed by atoms with Crippen LogP contribution in [0.15, 0.2) is 48.5 Å². The molecule has 0 aliphatic rings. The van der Waals surface area contributed by atoms with Crippen LogP contribution < -0.4 is 0 Å². The lowest BCUT2D eigenvalue weighted by Crippen LogP contribution is -2.10. The van der Waals surface area contributed by atoms with Crippen LogP contribution in [0.4, 0.5) is 0 Å². The minimum absolute atomic E-state index is 0.303. The van der Waals surface area contributed by atoms with Crippen LogP contribution in [0.1, 0.15) is 31.3 Å². The van der Waals surface area contributed by atoms with Crippen molar-refractivity contribution in [3.63, 3.8) is 0 Å². The summed E-state index contributed by atoms with van der Waals surface area (Å²) in [5.41, 5.74) is 4.70. The fourth-order valence-electron chi connectivity index (χ4n) is 2.23. The lowest BCUT2D eigenvalue weighted by Gasteiger charge is -2.20. The van der Waals surface area contributed by atoms with Gasteiger partial charge >= 0.3 is 0 Å².